The Balaban J connectivity index is 0.000000735. The quantitative estimate of drug-likeness (QED) is 0.582. The van der Waals surface area contributed by atoms with E-state index < -0.39 is 0 Å². The Morgan fingerprint density at radius 3 is 2.43 bits per heavy atom. The molecule has 104 valence electrons. The zero-order valence-corrected chi connectivity index (χ0v) is 15.9. The van der Waals surface area contributed by atoms with Gasteiger partial charge in [0.2, 0.25) is 0 Å². The number of benzene rings is 2. The average Bonchev–Trinajstić information content (AvgIpc) is 2.99. The molecule has 4 heteroatoms. The number of fused-ring (bicyclic) bond motifs is 2. The minimum Gasteiger partial charge on any atom is -1.00 e. The molecule has 1 aliphatic heterocycles. The molecule has 0 saturated carbocycles. The van der Waals surface area contributed by atoms with Gasteiger partial charge in [0.05, 0.1) is 0 Å². The molecule has 21 heavy (non-hydrogen) atoms. The molecule has 2 aliphatic rings. The van der Waals surface area contributed by atoms with Crippen LogP contribution in [0.25, 0.3) is 15.7 Å². The topological polar surface area (TPSA) is 0 Å². The molecule has 0 N–H and O–H groups in total. The predicted molar refractivity (Wildman–Crippen MR) is 80.2 cm³/mol. The summed E-state index contributed by atoms with van der Waals surface area (Å²) in [7, 11) is 0. The van der Waals surface area contributed by atoms with Crippen LogP contribution in [0.2, 0.25) is 0 Å². The summed E-state index contributed by atoms with van der Waals surface area (Å²) in [5, 5.41) is 2.63. The van der Waals surface area contributed by atoms with E-state index >= 15 is 0 Å². The van der Waals surface area contributed by atoms with Gasteiger partial charge in [-0.2, -0.15) is 0 Å². The molecule has 0 saturated heterocycles. The van der Waals surface area contributed by atoms with Crippen molar-refractivity contribution in [3.8, 4) is 0 Å². The molecule has 0 radical (unpaired) electrons. The molecule has 1 unspecified atom stereocenters. The first-order valence-electron chi connectivity index (χ1n) is 6.17. The van der Waals surface area contributed by atoms with Crippen LogP contribution in [-0.4, -0.2) is 0 Å². The van der Waals surface area contributed by atoms with Crippen LogP contribution in [0.5, 0.6) is 0 Å². The van der Waals surface area contributed by atoms with E-state index in [1.54, 1.807) is 0 Å². The third-order valence-electron chi connectivity index (χ3n) is 3.50. The minimum atomic E-state index is 0. The molecule has 0 amide bonds. The first-order chi connectivity index (χ1) is 8.90. The molecule has 0 nitrogen and oxygen atoms in total. The monoisotopic (exact) mass is 408 g/mol. The van der Waals surface area contributed by atoms with Gasteiger partial charge in [-0.05, 0) is 22.4 Å². The first-order valence-corrected chi connectivity index (χ1v) is 6.99. The third-order valence-corrected chi connectivity index (χ3v) is 4.74. The Labute approximate surface area is 160 Å². The summed E-state index contributed by atoms with van der Waals surface area (Å²) in [6, 6.07) is 15.3. The first kappa shape index (κ1) is 18.8. The van der Waals surface area contributed by atoms with E-state index in [0.717, 1.165) is 0 Å². The van der Waals surface area contributed by atoms with Crippen molar-refractivity contribution in [3.63, 3.8) is 0 Å². The SMILES string of the molecule is C1=CC2C=C(c3ccc4ccccc4c3)SC2=C1.[Cl-].[Cl-].[Zr+2]. The fourth-order valence-electron chi connectivity index (χ4n) is 2.54. The molecule has 1 aliphatic carbocycles. The molecule has 0 spiro atoms. The second-order valence-electron chi connectivity index (χ2n) is 4.67. The summed E-state index contributed by atoms with van der Waals surface area (Å²) >= 11 is 1.90. The Morgan fingerprint density at radius 2 is 1.67 bits per heavy atom. The normalized spacial score (nSPS) is 18.0. The molecule has 0 bridgehead atoms. The standard InChI is InChI=1S/C17H12S.2ClH.Zr/c1-2-5-13-10-15(9-8-12(13)4-1)17-11-14-6-3-7-16(14)18-17;;;/h1-11,14H;2*1H;/q;;;+2/p-2. The molecule has 1 heterocycles. The maximum atomic E-state index is 2.37. The minimum absolute atomic E-state index is 0. The van der Waals surface area contributed by atoms with E-state index in [1.165, 1.54) is 26.1 Å². The Hall–Kier alpha value is -0.267. The van der Waals surface area contributed by atoms with Gasteiger partial charge in [-0.25, -0.2) is 0 Å². The van der Waals surface area contributed by atoms with E-state index in [0.29, 0.717) is 5.92 Å². The van der Waals surface area contributed by atoms with Gasteiger partial charge in [0, 0.05) is 15.7 Å². The molecule has 0 aromatic heterocycles. The van der Waals surface area contributed by atoms with Crippen molar-refractivity contribution < 1.29 is 51.0 Å². The van der Waals surface area contributed by atoms with Gasteiger partial charge in [0.15, 0.2) is 0 Å². The van der Waals surface area contributed by atoms with Crippen LogP contribution in [0.15, 0.2) is 71.7 Å². The Morgan fingerprint density at radius 1 is 0.905 bits per heavy atom. The summed E-state index contributed by atoms with van der Waals surface area (Å²) in [6.45, 7) is 0. The van der Waals surface area contributed by atoms with Crippen LogP contribution in [0.4, 0.5) is 0 Å². The van der Waals surface area contributed by atoms with Gasteiger partial charge >= 0.3 is 26.2 Å². The van der Waals surface area contributed by atoms with E-state index in [9.17, 15) is 0 Å². The Kier molecular flexibility index (Phi) is 7.01. The van der Waals surface area contributed by atoms with Crippen molar-refractivity contribution >= 4 is 27.4 Å². The van der Waals surface area contributed by atoms with Crippen molar-refractivity contribution in [2.24, 2.45) is 5.92 Å². The number of hydrogen-bond acceptors (Lipinski definition) is 1. The summed E-state index contributed by atoms with van der Waals surface area (Å²) in [4.78, 5) is 2.85. The number of allylic oxidation sites excluding steroid dienone is 5. The largest absolute Gasteiger partial charge is 2.00 e. The number of thioether (sulfide) groups is 1. The van der Waals surface area contributed by atoms with Gasteiger partial charge in [-0.1, -0.05) is 72.5 Å². The predicted octanol–water partition coefficient (Wildman–Crippen LogP) is -0.997. The van der Waals surface area contributed by atoms with E-state index in [1.807, 2.05) is 11.8 Å². The average molecular weight is 410 g/mol. The molecule has 2 aromatic carbocycles. The fraction of sp³-hybridized carbons (Fsp3) is 0.0588. The van der Waals surface area contributed by atoms with Crippen LogP contribution in [0.3, 0.4) is 0 Å². The second-order valence-corrected chi connectivity index (χ2v) is 5.79. The number of halogens is 2. The van der Waals surface area contributed by atoms with Crippen molar-refractivity contribution in [1.82, 2.24) is 0 Å². The molecular formula is C17H12Cl2SZr. The second kappa shape index (κ2) is 7.83. The fourth-order valence-corrected chi connectivity index (χ4v) is 3.68. The maximum Gasteiger partial charge on any atom is 2.00 e. The van der Waals surface area contributed by atoms with Crippen molar-refractivity contribution in [2.75, 3.05) is 0 Å². The zero-order valence-electron chi connectivity index (χ0n) is 11.1. The van der Waals surface area contributed by atoms with Crippen LogP contribution < -0.4 is 24.8 Å². The summed E-state index contributed by atoms with van der Waals surface area (Å²) in [5.74, 6) is 0.525. The van der Waals surface area contributed by atoms with Gasteiger partial charge in [0.25, 0.3) is 0 Å². The van der Waals surface area contributed by atoms with E-state index in [-0.39, 0.29) is 51.0 Å². The van der Waals surface area contributed by atoms with Crippen molar-refractivity contribution in [2.45, 2.75) is 0 Å². The van der Waals surface area contributed by atoms with E-state index in [2.05, 4.69) is 66.8 Å². The van der Waals surface area contributed by atoms with Crippen LogP contribution in [0.1, 0.15) is 5.56 Å². The van der Waals surface area contributed by atoms with Crippen LogP contribution in [0, 0.1) is 5.92 Å². The Bertz CT molecular complexity index is 734. The summed E-state index contributed by atoms with van der Waals surface area (Å²) in [6.07, 6.45) is 9.00. The third kappa shape index (κ3) is 3.56. The van der Waals surface area contributed by atoms with E-state index in [4.69, 9.17) is 0 Å². The number of rotatable bonds is 1. The van der Waals surface area contributed by atoms with Gasteiger partial charge < -0.3 is 24.8 Å². The van der Waals surface area contributed by atoms with Crippen molar-refractivity contribution in [1.29, 1.82) is 0 Å². The van der Waals surface area contributed by atoms with Crippen LogP contribution >= 0.6 is 11.8 Å². The van der Waals surface area contributed by atoms with Gasteiger partial charge in [-0.15, -0.1) is 0 Å². The van der Waals surface area contributed by atoms with Gasteiger partial charge in [-0.3, -0.25) is 0 Å². The molecule has 1 atom stereocenters. The van der Waals surface area contributed by atoms with Crippen LogP contribution in [-0.2, 0) is 26.2 Å². The molecular weight excluding hydrogens is 398 g/mol. The zero-order chi connectivity index (χ0) is 11.9. The summed E-state index contributed by atoms with van der Waals surface area (Å²) < 4.78 is 0. The van der Waals surface area contributed by atoms with Gasteiger partial charge in [0.1, 0.15) is 0 Å². The number of hydrogen-bond donors (Lipinski definition) is 0. The van der Waals surface area contributed by atoms with Crippen molar-refractivity contribution in [3.05, 3.63) is 77.2 Å². The molecule has 2 aromatic rings. The summed E-state index contributed by atoms with van der Waals surface area (Å²) in [5.41, 5.74) is 1.34. The maximum absolute atomic E-state index is 2.37. The molecule has 4 rings (SSSR count). The smallest absolute Gasteiger partial charge is 1.00 e. The molecule has 0 fully saturated rings.